The van der Waals surface area contributed by atoms with Crippen LogP contribution in [0, 0.1) is 6.92 Å². The Kier molecular flexibility index (Phi) is 6.93. The van der Waals surface area contributed by atoms with Gasteiger partial charge in [0.15, 0.2) is 11.5 Å². The number of aromatic carboxylic acids is 1. The lowest BCUT2D eigenvalue weighted by Crippen LogP contribution is -2.01. The molecule has 0 amide bonds. The van der Waals surface area contributed by atoms with Gasteiger partial charge in [-0.05, 0) is 60.2 Å². The summed E-state index contributed by atoms with van der Waals surface area (Å²) in [5, 5.41) is 25.5. The monoisotopic (exact) mass is 441 g/mol. The van der Waals surface area contributed by atoms with Gasteiger partial charge in [0.05, 0.1) is 12.7 Å². The number of methoxy groups -OCH3 is 1. The molecule has 0 aliphatic rings. The number of rotatable bonds is 9. The number of aliphatic carboxylic acids is 1. The second-order valence-electron chi connectivity index (χ2n) is 6.32. The van der Waals surface area contributed by atoms with Gasteiger partial charge in [0.1, 0.15) is 17.3 Å². The highest BCUT2D eigenvalue weighted by atomic mass is 32.2. The first-order valence-electron chi connectivity index (χ1n) is 9.00. The number of thioether (sulfide) groups is 1. The fourth-order valence-electron chi connectivity index (χ4n) is 2.60. The Morgan fingerprint density at radius 2 is 1.97 bits per heavy atom. The maximum Gasteiger partial charge on any atom is 0.342 e. The van der Waals surface area contributed by atoms with Gasteiger partial charge in [-0.15, -0.1) is 5.10 Å². The van der Waals surface area contributed by atoms with E-state index in [-0.39, 0.29) is 17.1 Å². The normalized spacial score (nSPS) is 11.2. The molecule has 9 nitrogen and oxygen atoms in total. The maximum absolute atomic E-state index is 11.6. The van der Waals surface area contributed by atoms with Gasteiger partial charge >= 0.3 is 11.9 Å². The van der Waals surface area contributed by atoms with Crippen LogP contribution in [0.25, 0.3) is 6.08 Å². The number of carbonyl (C=O) groups is 2. The number of nitrogens with zero attached hydrogens (tertiary/aromatic N) is 2. The summed E-state index contributed by atoms with van der Waals surface area (Å²) in [6.45, 7) is 1.87. The third kappa shape index (κ3) is 5.86. The Bertz CT molecular complexity index is 1140. The van der Waals surface area contributed by atoms with Crippen molar-refractivity contribution >= 4 is 29.8 Å². The predicted molar refractivity (Wildman–Crippen MR) is 113 cm³/mol. The average Bonchev–Trinajstić information content (AvgIpc) is 3.16. The first-order chi connectivity index (χ1) is 14.9. The van der Waals surface area contributed by atoms with E-state index in [9.17, 15) is 14.7 Å². The van der Waals surface area contributed by atoms with E-state index in [1.165, 1.54) is 25.3 Å². The van der Waals surface area contributed by atoms with Gasteiger partial charge in [0.25, 0.3) is 0 Å². The number of hydrogen-bond donors (Lipinski definition) is 3. The SMILES string of the molecule is COc1cc(/C=C(\Sc2n[nH]c(C)n2)C(=O)O)ccc1OCc1cccc(C(=O)O)c1. The van der Waals surface area contributed by atoms with Gasteiger partial charge in [0.2, 0.25) is 5.16 Å². The Morgan fingerprint density at radius 1 is 1.16 bits per heavy atom. The van der Waals surface area contributed by atoms with Crippen molar-refractivity contribution in [3.8, 4) is 11.5 Å². The van der Waals surface area contributed by atoms with Crippen LogP contribution in [0.1, 0.15) is 27.3 Å². The Hall–Kier alpha value is -3.79. The third-order valence-corrected chi connectivity index (χ3v) is 4.92. The molecule has 3 N–H and O–H groups in total. The van der Waals surface area contributed by atoms with Crippen molar-refractivity contribution < 1.29 is 29.3 Å². The van der Waals surface area contributed by atoms with Gasteiger partial charge < -0.3 is 19.7 Å². The van der Waals surface area contributed by atoms with E-state index in [0.29, 0.717) is 33.6 Å². The van der Waals surface area contributed by atoms with E-state index in [2.05, 4.69) is 15.2 Å². The topological polar surface area (TPSA) is 135 Å². The molecule has 0 atom stereocenters. The highest BCUT2D eigenvalue weighted by Gasteiger charge is 2.14. The first kappa shape index (κ1) is 21.9. The van der Waals surface area contributed by atoms with Crippen LogP contribution < -0.4 is 9.47 Å². The van der Waals surface area contributed by atoms with Gasteiger partial charge in [-0.25, -0.2) is 14.6 Å². The predicted octanol–water partition coefficient (Wildman–Crippen LogP) is 3.62. The Labute approximate surface area is 181 Å². The van der Waals surface area contributed by atoms with Crippen molar-refractivity contribution in [2.75, 3.05) is 7.11 Å². The molecule has 1 aromatic heterocycles. The zero-order valence-corrected chi connectivity index (χ0v) is 17.5. The minimum atomic E-state index is -1.11. The molecular weight excluding hydrogens is 422 g/mol. The first-order valence-corrected chi connectivity index (χ1v) is 9.82. The van der Waals surface area contributed by atoms with Crippen LogP contribution in [0.15, 0.2) is 52.5 Å². The summed E-state index contributed by atoms with van der Waals surface area (Å²) in [5.41, 5.74) is 1.46. The standard InChI is InChI=1S/C21H19N3O6S/c1-12-22-21(24-23-12)31-18(20(27)28)10-13-6-7-16(17(9-13)29-2)30-11-14-4-3-5-15(8-14)19(25)26/h3-10H,11H2,1-2H3,(H,25,26)(H,27,28)(H,22,23,24)/b18-10-. The quantitative estimate of drug-likeness (QED) is 0.336. The van der Waals surface area contributed by atoms with Crippen molar-refractivity contribution in [1.82, 2.24) is 15.2 Å². The fourth-order valence-corrected chi connectivity index (χ4v) is 3.35. The molecule has 0 bridgehead atoms. The average molecular weight is 441 g/mol. The Balaban J connectivity index is 1.78. The molecule has 3 aromatic rings. The molecule has 0 fully saturated rings. The number of nitrogens with one attached hydrogen (secondary N) is 1. The number of carboxylic acid groups (broad SMARTS) is 2. The lowest BCUT2D eigenvalue weighted by molar-refractivity contribution is -0.131. The van der Waals surface area contributed by atoms with Crippen molar-refractivity contribution in [1.29, 1.82) is 0 Å². The number of aromatic nitrogens is 3. The van der Waals surface area contributed by atoms with Crippen molar-refractivity contribution in [2.45, 2.75) is 18.7 Å². The number of H-pyrrole nitrogens is 1. The van der Waals surface area contributed by atoms with E-state index in [4.69, 9.17) is 14.6 Å². The molecule has 3 rings (SSSR count). The molecular formula is C21H19N3O6S. The molecule has 0 unspecified atom stereocenters. The van der Waals surface area contributed by atoms with E-state index < -0.39 is 11.9 Å². The van der Waals surface area contributed by atoms with Gasteiger partial charge in [-0.2, -0.15) is 0 Å². The highest BCUT2D eigenvalue weighted by Crippen LogP contribution is 2.32. The summed E-state index contributed by atoms with van der Waals surface area (Å²) in [5.74, 6) is -0.682. The summed E-state index contributed by atoms with van der Waals surface area (Å²) < 4.78 is 11.1. The summed E-state index contributed by atoms with van der Waals surface area (Å²) in [6, 6.07) is 11.4. The molecule has 10 heteroatoms. The van der Waals surface area contributed by atoms with E-state index in [1.807, 2.05) is 0 Å². The van der Waals surface area contributed by atoms with Crippen LogP contribution in [0.5, 0.6) is 11.5 Å². The molecule has 0 saturated heterocycles. The van der Waals surface area contributed by atoms with Gasteiger partial charge in [-0.3, -0.25) is 5.10 Å². The minimum Gasteiger partial charge on any atom is -0.493 e. The number of aryl methyl sites for hydroxylation is 1. The molecule has 31 heavy (non-hydrogen) atoms. The van der Waals surface area contributed by atoms with Crippen molar-refractivity contribution in [2.24, 2.45) is 0 Å². The Morgan fingerprint density at radius 3 is 2.61 bits per heavy atom. The maximum atomic E-state index is 11.6. The molecule has 160 valence electrons. The number of hydrogen-bond acceptors (Lipinski definition) is 7. The zero-order valence-electron chi connectivity index (χ0n) is 16.7. The van der Waals surface area contributed by atoms with Crippen molar-refractivity contribution in [3.05, 3.63) is 69.9 Å². The second-order valence-corrected chi connectivity index (χ2v) is 7.33. The third-order valence-electron chi connectivity index (χ3n) is 4.04. The summed E-state index contributed by atoms with van der Waals surface area (Å²) in [6.07, 6.45) is 1.49. The summed E-state index contributed by atoms with van der Waals surface area (Å²) >= 11 is 0.929. The highest BCUT2D eigenvalue weighted by molar-refractivity contribution is 8.04. The smallest absolute Gasteiger partial charge is 0.342 e. The molecule has 0 aliphatic heterocycles. The summed E-state index contributed by atoms with van der Waals surface area (Å²) in [7, 11) is 1.48. The van der Waals surface area contributed by atoms with Gasteiger partial charge in [0, 0.05) is 0 Å². The van der Waals surface area contributed by atoms with Crippen LogP contribution in [0.3, 0.4) is 0 Å². The van der Waals surface area contributed by atoms with E-state index in [1.54, 1.807) is 37.3 Å². The number of ether oxygens (including phenoxy) is 2. The number of aromatic amines is 1. The van der Waals surface area contributed by atoms with Crippen molar-refractivity contribution in [3.63, 3.8) is 0 Å². The zero-order chi connectivity index (χ0) is 22.4. The fraction of sp³-hybridized carbons (Fsp3) is 0.143. The van der Waals surface area contributed by atoms with Crippen LogP contribution >= 0.6 is 11.8 Å². The molecule has 1 heterocycles. The lowest BCUT2D eigenvalue weighted by Gasteiger charge is -2.12. The molecule has 0 saturated carbocycles. The van der Waals surface area contributed by atoms with Crippen LogP contribution in [0.2, 0.25) is 0 Å². The largest absolute Gasteiger partial charge is 0.493 e. The lowest BCUT2D eigenvalue weighted by atomic mass is 10.1. The minimum absolute atomic E-state index is 0.0419. The number of benzene rings is 2. The van der Waals surface area contributed by atoms with Crippen LogP contribution in [0.4, 0.5) is 0 Å². The molecule has 0 spiro atoms. The second kappa shape index (κ2) is 9.81. The van der Waals surface area contributed by atoms with Crippen LogP contribution in [-0.4, -0.2) is 44.4 Å². The van der Waals surface area contributed by atoms with Crippen LogP contribution in [-0.2, 0) is 11.4 Å². The number of carboxylic acids is 2. The summed E-state index contributed by atoms with van der Waals surface area (Å²) in [4.78, 5) is 26.9. The van der Waals surface area contributed by atoms with Gasteiger partial charge in [-0.1, -0.05) is 18.2 Å². The van der Waals surface area contributed by atoms with E-state index >= 15 is 0 Å². The molecule has 0 aliphatic carbocycles. The molecule has 2 aromatic carbocycles. The molecule has 0 radical (unpaired) electrons. The van der Waals surface area contributed by atoms with E-state index in [0.717, 1.165) is 11.8 Å².